The molecule has 4 aromatic rings. The summed E-state index contributed by atoms with van der Waals surface area (Å²) in [5, 5.41) is 10.9. The molecule has 1 N–H and O–H groups in total. The average Bonchev–Trinajstić information content (AvgIpc) is 3.40. The fourth-order valence-electron chi connectivity index (χ4n) is 3.00. The highest BCUT2D eigenvalue weighted by molar-refractivity contribution is 7.17. The molecule has 0 saturated carbocycles. The van der Waals surface area contributed by atoms with Gasteiger partial charge in [-0.15, -0.1) is 27.8 Å². The minimum absolute atomic E-state index is 0.0147. The Kier molecular flexibility index (Phi) is 4.90. The highest BCUT2D eigenvalue weighted by atomic mass is 32.1. The molecule has 4 aromatic heterocycles. The summed E-state index contributed by atoms with van der Waals surface area (Å²) in [5.41, 5.74) is -0.101. The minimum atomic E-state index is -0.433. The molecule has 8 nitrogen and oxygen atoms in total. The maximum atomic E-state index is 13.0. The predicted octanol–water partition coefficient (Wildman–Crippen LogP) is 1.90. The SMILES string of the molecule is CCC(C)NC(=O)Cn1nc2n(Cc3cccs3)c(=O)c3sccc3n2c1=O. The highest BCUT2D eigenvalue weighted by Gasteiger charge is 2.20. The summed E-state index contributed by atoms with van der Waals surface area (Å²) in [6.45, 7) is 4.00. The average molecular weight is 418 g/mol. The number of carbonyl (C=O) groups excluding carboxylic acids is 1. The summed E-state index contributed by atoms with van der Waals surface area (Å²) in [5.74, 6) is -0.0424. The van der Waals surface area contributed by atoms with Crippen molar-refractivity contribution >= 4 is 44.6 Å². The van der Waals surface area contributed by atoms with Crippen LogP contribution in [0.5, 0.6) is 0 Å². The molecule has 1 amide bonds. The molecule has 0 fully saturated rings. The fraction of sp³-hybridized carbons (Fsp3) is 0.333. The van der Waals surface area contributed by atoms with E-state index < -0.39 is 5.69 Å². The maximum Gasteiger partial charge on any atom is 0.352 e. The number of thiophene rings is 2. The van der Waals surface area contributed by atoms with Gasteiger partial charge in [0.25, 0.3) is 5.56 Å². The second-order valence-corrected chi connectivity index (χ2v) is 8.51. The van der Waals surface area contributed by atoms with Crippen LogP contribution in [0.4, 0.5) is 0 Å². The molecule has 0 radical (unpaired) electrons. The van der Waals surface area contributed by atoms with Crippen molar-refractivity contribution in [2.45, 2.75) is 39.4 Å². The molecule has 1 unspecified atom stereocenters. The highest BCUT2D eigenvalue weighted by Crippen LogP contribution is 2.18. The van der Waals surface area contributed by atoms with Gasteiger partial charge in [0.1, 0.15) is 11.2 Å². The lowest BCUT2D eigenvalue weighted by Crippen LogP contribution is -2.37. The summed E-state index contributed by atoms with van der Waals surface area (Å²) in [7, 11) is 0. The van der Waals surface area contributed by atoms with Crippen LogP contribution in [-0.4, -0.2) is 30.7 Å². The van der Waals surface area contributed by atoms with Gasteiger partial charge in [-0.25, -0.2) is 13.9 Å². The molecule has 0 bridgehead atoms. The van der Waals surface area contributed by atoms with E-state index in [1.807, 2.05) is 31.4 Å². The smallest absolute Gasteiger partial charge is 0.352 e. The van der Waals surface area contributed by atoms with E-state index >= 15 is 0 Å². The van der Waals surface area contributed by atoms with E-state index in [0.717, 1.165) is 16.0 Å². The Morgan fingerprint density at radius 3 is 2.79 bits per heavy atom. The molecule has 0 aliphatic heterocycles. The first-order chi connectivity index (χ1) is 13.5. The number of hydrogen-bond donors (Lipinski definition) is 1. The molecule has 0 spiro atoms. The second-order valence-electron chi connectivity index (χ2n) is 6.56. The zero-order valence-electron chi connectivity index (χ0n) is 15.4. The third-order valence-electron chi connectivity index (χ3n) is 4.60. The zero-order valence-corrected chi connectivity index (χ0v) is 17.0. The van der Waals surface area contributed by atoms with Crippen LogP contribution in [0.15, 0.2) is 38.5 Å². The summed E-state index contributed by atoms with van der Waals surface area (Å²) in [6.07, 6.45) is 0.793. The Labute approximate surface area is 167 Å². The molecule has 1 atom stereocenters. The Morgan fingerprint density at radius 2 is 2.07 bits per heavy atom. The normalized spacial score (nSPS) is 12.6. The van der Waals surface area contributed by atoms with Crippen molar-refractivity contribution in [1.82, 2.24) is 24.1 Å². The van der Waals surface area contributed by atoms with Crippen molar-refractivity contribution in [3.63, 3.8) is 0 Å². The van der Waals surface area contributed by atoms with E-state index in [9.17, 15) is 14.4 Å². The van der Waals surface area contributed by atoms with Crippen LogP contribution < -0.4 is 16.6 Å². The van der Waals surface area contributed by atoms with Gasteiger partial charge in [0, 0.05) is 10.9 Å². The lowest BCUT2D eigenvalue weighted by Gasteiger charge is -2.10. The summed E-state index contributed by atoms with van der Waals surface area (Å²) < 4.78 is 4.52. The molecule has 0 aliphatic carbocycles. The third-order valence-corrected chi connectivity index (χ3v) is 6.35. The Hall–Kier alpha value is -2.72. The molecular formula is C18H19N5O3S2. The first-order valence-corrected chi connectivity index (χ1v) is 10.7. The summed E-state index contributed by atoms with van der Waals surface area (Å²) >= 11 is 2.82. The van der Waals surface area contributed by atoms with Crippen molar-refractivity contribution < 1.29 is 4.79 Å². The van der Waals surface area contributed by atoms with Crippen LogP contribution in [0.3, 0.4) is 0 Å². The summed E-state index contributed by atoms with van der Waals surface area (Å²) in [4.78, 5) is 39.2. The number of hydrogen-bond acceptors (Lipinski definition) is 6. The predicted molar refractivity (Wildman–Crippen MR) is 110 cm³/mol. The number of fused-ring (bicyclic) bond motifs is 3. The molecule has 0 aromatic carbocycles. The molecule has 10 heteroatoms. The van der Waals surface area contributed by atoms with E-state index in [-0.39, 0.29) is 29.8 Å². The maximum absolute atomic E-state index is 13.0. The minimum Gasteiger partial charge on any atom is -0.352 e. The molecule has 4 heterocycles. The number of amides is 1. The molecule has 4 rings (SSSR count). The van der Waals surface area contributed by atoms with Gasteiger partial charge in [0.2, 0.25) is 11.7 Å². The standard InChI is InChI=1S/C18H19N5O3S2/c1-3-11(2)19-14(24)10-22-18(26)23-13-6-8-28-15(13)16(25)21(17(23)20-22)9-12-5-4-7-27-12/h4-8,11H,3,9-10H2,1-2H3,(H,19,24). The van der Waals surface area contributed by atoms with E-state index in [4.69, 9.17) is 0 Å². The van der Waals surface area contributed by atoms with Crippen LogP contribution in [-0.2, 0) is 17.9 Å². The van der Waals surface area contributed by atoms with Crippen LogP contribution in [0, 0.1) is 0 Å². The van der Waals surface area contributed by atoms with Crippen LogP contribution in [0.1, 0.15) is 25.1 Å². The third kappa shape index (κ3) is 3.18. The molecule has 0 aliphatic rings. The Balaban J connectivity index is 1.86. The van der Waals surface area contributed by atoms with Gasteiger partial charge in [-0.3, -0.25) is 14.2 Å². The van der Waals surface area contributed by atoms with Gasteiger partial charge in [-0.05, 0) is 36.2 Å². The number of carbonyl (C=O) groups is 1. The first-order valence-electron chi connectivity index (χ1n) is 8.91. The fourth-order valence-corrected chi connectivity index (χ4v) is 4.51. The van der Waals surface area contributed by atoms with Gasteiger partial charge >= 0.3 is 5.69 Å². The molecule has 0 saturated heterocycles. The van der Waals surface area contributed by atoms with Crippen molar-refractivity contribution in [1.29, 1.82) is 0 Å². The van der Waals surface area contributed by atoms with Crippen LogP contribution in [0.2, 0.25) is 0 Å². The first kappa shape index (κ1) is 18.6. The van der Waals surface area contributed by atoms with E-state index in [1.165, 1.54) is 31.6 Å². The van der Waals surface area contributed by atoms with Crippen molar-refractivity contribution in [2.75, 3.05) is 0 Å². The summed E-state index contributed by atoms with van der Waals surface area (Å²) in [6, 6.07) is 5.59. The van der Waals surface area contributed by atoms with Gasteiger partial charge in [0.05, 0.1) is 12.1 Å². The van der Waals surface area contributed by atoms with Crippen LogP contribution >= 0.6 is 22.7 Å². The van der Waals surface area contributed by atoms with E-state index in [0.29, 0.717) is 16.8 Å². The van der Waals surface area contributed by atoms with Gasteiger partial charge < -0.3 is 5.32 Å². The second kappa shape index (κ2) is 7.36. The zero-order chi connectivity index (χ0) is 19.8. The molecule has 28 heavy (non-hydrogen) atoms. The molecular weight excluding hydrogens is 398 g/mol. The van der Waals surface area contributed by atoms with Crippen molar-refractivity contribution in [2.24, 2.45) is 0 Å². The quantitative estimate of drug-likeness (QED) is 0.519. The van der Waals surface area contributed by atoms with E-state index in [1.54, 1.807) is 11.4 Å². The molecule has 146 valence electrons. The Bertz CT molecular complexity index is 1260. The van der Waals surface area contributed by atoms with Gasteiger partial charge in [-0.2, -0.15) is 0 Å². The Morgan fingerprint density at radius 1 is 1.25 bits per heavy atom. The van der Waals surface area contributed by atoms with E-state index in [2.05, 4.69) is 10.4 Å². The number of nitrogens with one attached hydrogen (secondary N) is 1. The van der Waals surface area contributed by atoms with Gasteiger partial charge in [-0.1, -0.05) is 13.0 Å². The lowest BCUT2D eigenvalue weighted by molar-refractivity contribution is -0.122. The van der Waals surface area contributed by atoms with Crippen molar-refractivity contribution in [3.8, 4) is 0 Å². The van der Waals surface area contributed by atoms with Crippen molar-refractivity contribution in [3.05, 3.63) is 54.7 Å². The monoisotopic (exact) mass is 417 g/mol. The number of rotatable bonds is 6. The van der Waals surface area contributed by atoms with Crippen LogP contribution in [0.25, 0.3) is 16.0 Å². The van der Waals surface area contributed by atoms with Gasteiger partial charge in [0.15, 0.2) is 0 Å². The largest absolute Gasteiger partial charge is 0.352 e. The number of aromatic nitrogens is 4. The lowest BCUT2D eigenvalue weighted by atomic mass is 10.2. The number of nitrogens with zero attached hydrogens (tertiary/aromatic N) is 4. The topological polar surface area (TPSA) is 90.4 Å².